The number of carbonyl (C=O) groups excluding carboxylic acids is 1. The monoisotopic (exact) mass is 273 g/mol. The maximum absolute atomic E-state index is 12.5. The number of rotatable bonds is 3. The molecule has 106 valence electrons. The molecule has 2 atom stereocenters. The minimum atomic E-state index is -0.456. The van der Waals surface area contributed by atoms with Gasteiger partial charge in [-0.15, -0.1) is 0 Å². The maximum Gasteiger partial charge on any atom is 0.254 e. The Morgan fingerprint density at radius 3 is 2.65 bits per heavy atom. The second-order valence-corrected chi connectivity index (χ2v) is 5.45. The fraction of sp³-hybridized carbons (Fsp3) is 0.467. The van der Waals surface area contributed by atoms with Crippen molar-refractivity contribution in [2.45, 2.75) is 18.6 Å². The second kappa shape index (κ2) is 6.04. The predicted octanol–water partition coefficient (Wildman–Crippen LogP) is 0.695. The van der Waals surface area contributed by atoms with E-state index in [-0.39, 0.29) is 11.9 Å². The van der Waals surface area contributed by atoms with E-state index >= 15 is 0 Å². The maximum atomic E-state index is 12.5. The third-order valence-corrected chi connectivity index (χ3v) is 3.49. The lowest BCUT2D eigenvalue weighted by atomic mass is 10.1. The molecule has 1 saturated heterocycles. The molecular weight excluding hydrogens is 254 g/mol. The van der Waals surface area contributed by atoms with E-state index in [0.29, 0.717) is 24.1 Å². The van der Waals surface area contributed by atoms with Gasteiger partial charge in [-0.25, -0.2) is 0 Å². The summed E-state index contributed by atoms with van der Waals surface area (Å²) in [6.07, 6.45) is 0.155. The van der Waals surface area contributed by atoms with E-state index in [1.54, 1.807) is 29.2 Å². The summed E-state index contributed by atoms with van der Waals surface area (Å²) < 4.78 is 0. The molecule has 5 nitrogen and oxygen atoms in total. The van der Waals surface area contributed by atoms with Gasteiger partial charge in [-0.3, -0.25) is 4.79 Å². The summed E-state index contributed by atoms with van der Waals surface area (Å²) >= 11 is 0. The van der Waals surface area contributed by atoms with Gasteiger partial charge in [-0.1, -0.05) is 0 Å². The van der Waals surface area contributed by atoms with Crippen LogP contribution in [0.5, 0.6) is 0 Å². The van der Waals surface area contributed by atoms with Gasteiger partial charge in [-0.05, 0) is 44.8 Å². The highest BCUT2D eigenvalue weighted by atomic mass is 16.3. The standard InChI is InChI=1S/C15H19N3O2/c1-17(2)9-13-7-14(19)10-18(13)15(20)12-5-3-11(8-16)4-6-12/h3-6,13-14,19H,7,9-10H2,1-2H3. The average molecular weight is 273 g/mol. The van der Waals surface area contributed by atoms with E-state index in [2.05, 4.69) is 0 Å². The van der Waals surface area contributed by atoms with Crippen LogP contribution in [0.3, 0.4) is 0 Å². The molecule has 1 aromatic rings. The van der Waals surface area contributed by atoms with Gasteiger partial charge in [-0.2, -0.15) is 5.26 Å². The molecule has 0 bridgehead atoms. The van der Waals surface area contributed by atoms with Crippen molar-refractivity contribution in [2.24, 2.45) is 0 Å². The highest BCUT2D eigenvalue weighted by Crippen LogP contribution is 2.21. The van der Waals surface area contributed by atoms with Crippen molar-refractivity contribution in [1.29, 1.82) is 5.26 Å². The molecule has 1 aliphatic rings. The lowest BCUT2D eigenvalue weighted by Gasteiger charge is -2.26. The Hall–Kier alpha value is -1.90. The van der Waals surface area contributed by atoms with Crippen LogP contribution in [-0.4, -0.2) is 60.1 Å². The summed E-state index contributed by atoms with van der Waals surface area (Å²) in [7, 11) is 3.91. The molecule has 5 heteroatoms. The number of β-amino-alcohol motifs (C(OH)–C–C–N with tert-alkyl or cyclic N) is 1. The zero-order valence-corrected chi connectivity index (χ0v) is 11.8. The van der Waals surface area contributed by atoms with Crippen LogP contribution in [0.1, 0.15) is 22.3 Å². The fourth-order valence-electron chi connectivity index (χ4n) is 2.59. The topological polar surface area (TPSA) is 67.6 Å². The van der Waals surface area contributed by atoms with E-state index in [0.717, 1.165) is 6.54 Å². The van der Waals surface area contributed by atoms with Crippen molar-refractivity contribution in [3.8, 4) is 6.07 Å². The van der Waals surface area contributed by atoms with Gasteiger partial charge in [0.15, 0.2) is 0 Å². The Bertz CT molecular complexity index is 519. The third kappa shape index (κ3) is 3.16. The number of nitrogens with zero attached hydrogens (tertiary/aromatic N) is 3. The van der Waals surface area contributed by atoms with Crippen molar-refractivity contribution in [3.63, 3.8) is 0 Å². The second-order valence-electron chi connectivity index (χ2n) is 5.45. The minimum Gasteiger partial charge on any atom is -0.391 e. The summed E-state index contributed by atoms with van der Waals surface area (Å²) in [4.78, 5) is 16.2. The Balaban J connectivity index is 2.15. The summed E-state index contributed by atoms with van der Waals surface area (Å²) in [6, 6.07) is 8.67. The quantitative estimate of drug-likeness (QED) is 0.880. The van der Waals surface area contributed by atoms with Crippen LogP contribution < -0.4 is 0 Å². The van der Waals surface area contributed by atoms with Crippen molar-refractivity contribution in [3.05, 3.63) is 35.4 Å². The van der Waals surface area contributed by atoms with Crippen molar-refractivity contribution >= 4 is 5.91 Å². The first-order chi connectivity index (χ1) is 9.51. The lowest BCUT2D eigenvalue weighted by molar-refractivity contribution is 0.0699. The summed E-state index contributed by atoms with van der Waals surface area (Å²) in [6.45, 7) is 1.11. The molecular formula is C15H19N3O2. The van der Waals surface area contributed by atoms with Gasteiger partial charge < -0.3 is 14.9 Å². The van der Waals surface area contributed by atoms with Crippen LogP contribution in [0, 0.1) is 11.3 Å². The smallest absolute Gasteiger partial charge is 0.254 e. The zero-order valence-electron chi connectivity index (χ0n) is 11.8. The van der Waals surface area contributed by atoms with E-state index < -0.39 is 6.10 Å². The van der Waals surface area contributed by atoms with E-state index in [1.807, 2.05) is 25.1 Å². The Labute approximate surface area is 119 Å². The van der Waals surface area contributed by atoms with Crippen molar-refractivity contribution in [2.75, 3.05) is 27.2 Å². The molecule has 0 aliphatic carbocycles. The normalized spacial score (nSPS) is 22.1. The summed E-state index contributed by atoms with van der Waals surface area (Å²) in [5, 5.41) is 18.6. The zero-order chi connectivity index (χ0) is 14.7. The highest BCUT2D eigenvalue weighted by molar-refractivity contribution is 5.94. The molecule has 0 aromatic heterocycles. The molecule has 0 spiro atoms. The third-order valence-electron chi connectivity index (χ3n) is 3.49. The van der Waals surface area contributed by atoms with Gasteiger partial charge in [0.25, 0.3) is 5.91 Å². The van der Waals surface area contributed by atoms with Gasteiger partial charge in [0.05, 0.1) is 17.7 Å². The molecule has 20 heavy (non-hydrogen) atoms. The van der Waals surface area contributed by atoms with Crippen LogP contribution in [-0.2, 0) is 0 Å². The number of likely N-dealkylation sites (N-methyl/N-ethyl adjacent to an activating group) is 1. The number of likely N-dealkylation sites (tertiary alicyclic amines) is 1. The van der Waals surface area contributed by atoms with Crippen LogP contribution in [0.4, 0.5) is 0 Å². The Kier molecular flexibility index (Phi) is 4.38. The number of hydrogen-bond acceptors (Lipinski definition) is 4. The largest absolute Gasteiger partial charge is 0.391 e. The number of carbonyl (C=O) groups is 1. The van der Waals surface area contributed by atoms with Gasteiger partial charge in [0.2, 0.25) is 0 Å². The van der Waals surface area contributed by atoms with Gasteiger partial charge in [0, 0.05) is 24.7 Å². The molecule has 0 saturated carbocycles. The first-order valence-corrected chi connectivity index (χ1v) is 6.65. The molecule has 1 amide bonds. The Morgan fingerprint density at radius 2 is 2.10 bits per heavy atom. The molecule has 1 N–H and O–H groups in total. The fourth-order valence-corrected chi connectivity index (χ4v) is 2.59. The average Bonchev–Trinajstić information content (AvgIpc) is 2.78. The first kappa shape index (κ1) is 14.5. The van der Waals surface area contributed by atoms with Gasteiger partial charge in [0.1, 0.15) is 0 Å². The van der Waals surface area contributed by atoms with Gasteiger partial charge >= 0.3 is 0 Å². The van der Waals surface area contributed by atoms with Crippen molar-refractivity contribution in [1.82, 2.24) is 9.80 Å². The number of hydrogen-bond donors (Lipinski definition) is 1. The first-order valence-electron chi connectivity index (χ1n) is 6.65. The number of aliphatic hydroxyl groups is 1. The molecule has 1 heterocycles. The molecule has 0 radical (unpaired) electrons. The van der Waals surface area contributed by atoms with Crippen LogP contribution in [0.15, 0.2) is 24.3 Å². The minimum absolute atomic E-state index is 0.0307. The molecule has 2 rings (SSSR count). The lowest BCUT2D eigenvalue weighted by Crippen LogP contribution is -2.41. The van der Waals surface area contributed by atoms with Crippen LogP contribution in [0.2, 0.25) is 0 Å². The SMILES string of the molecule is CN(C)CC1CC(O)CN1C(=O)c1ccc(C#N)cc1. The number of benzene rings is 1. The number of nitriles is 1. The summed E-state index contributed by atoms with van der Waals surface area (Å²) in [5.41, 5.74) is 1.09. The van der Waals surface area contributed by atoms with Crippen LogP contribution in [0.25, 0.3) is 0 Å². The molecule has 1 aliphatic heterocycles. The number of amides is 1. The Morgan fingerprint density at radius 1 is 1.45 bits per heavy atom. The van der Waals surface area contributed by atoms with Crippen molar-refractivity contribution < 1.29 is 9.90 Å². The molecule has 2 unspecified atom stereocenters. The summed E-state index contributed by atoms with van der Waals surface area (Å²) in [5.74, 6) is -0.0853. The molecule has 1 fully saturated rings. The number of aliphatic hydroxyl groups excluding tert-OH is 1. The molecule has 1 aromatic carbocycles. The van der Waals surface area contributed by atoms with E-state index in [9.17, 15) is 9.90 Å². The highest BCUT2D eigenvalue weighted by Gasteiger charge is 2.34. The predicted molar refractivity (Wildman–Crippen MR) is 75.2 cm³/mol. The van der Waals surface area contributed by atoms with E-state index in [4.69, 9.17) is 5.26 Å². The van der Waals surface area contributed by atoms with E-state index in [1.165, 1.54) is 0 Å². The van der Waals surface area contributed by atoms with Crippen LogP contribution >= 0.6 is 0 Å².